The van der Waals surface area contributed by atoms with Crippen molar-refractivity contribution in [2.24, 2.45) is 0 Å². The summed E-state index contributed by atoms with van der Waals surface area (Å²) in [5.41, 5.74) is 1.92. The number of nitrogens with zero attached hydrogens (tertiary/aromatic N) is 1. The molecule has 0 radical (unpaired) electrons. The van der Waals surface area contributed by atoms with Gasteiger partial charge in [-0.15, -0.1) is 0 Å². The van der Waals surface area contributed by atoms with Crippen molar-refractivity contribution >= 4 is 46.2 Å². The van der Waals surface area contributed by atoms with Gasteiger partial charge in [0.25, 0.3) is 5.91 Å². The zero-order valence-electron chi connectivity index (χ0n) is 15.8. The maximum absolute atomic E-state index is 13.0. The zero-order valence-corrected chi connectivity index (χ0v) is 17.4. The Kier molecular flexibility index (Phi) is 7.55. The molecule has 4 nitrogen and oxygen atoms in total. The number of carbonyl (C=O) groups is 2. The van der Waals surface area contributed by atoms with Gasteiger partial charge in [-0.2, -0.15) is 0 Å². The minimum Gasteiger partial charge on any atom is -0.356 e. The molecule has 1 aliphatic heterocycles. The Morgan fingerprint density at radius 2 is 1.86 bits per heavy atom. The second-order valence-corrected chi connectivity index (χ2v) is 8.25. The van der Waals surface area contributed by atoms with Gasteiger partial charge >= 0.3 is 0 Å². The van der Waals surface area contributed by atoms with E-state index in [2.05, 4.69) is 5.32 Å². The number of amides is 2. The maximum Gasteiger partial charge on any atom is 0.266 e. The number of halogens is 1. The molecule has 0 aliphatic carbocycles. The molecular weight excluding hydrogens is 407 g/mol. The van der Waals surface area contributed by atoms with E-state index in [1.807, 2.05) is 30.3 Å². The van der Waals surface area contributed by atoms with Crippen LogP contribution >= 0.6 is 24.0 Å². The average Bonchev–Trinajstić information content (AvgIpc) is 2.98. The van der Waals surface area contributed by atoms with Crippen LogP contribution in [0.4, 0.5) is 4.39 Å². The van der Waals surface area contributed by atoms with E-state index in [0.717, 1.165) is 12.0 Å². The fourth-order valence-electron chi connectivity index (χ4n) is 2.88. The number of nitrogens with one attached hydrogen (secondary N) is 1. The molecule has 0 unspecified atom stereocenters. The molecule has 1 aliphatic rings. The molecule has 2 amide bonds. The van der Waals surface area contributed by atoms with Gasteiger partial charge in [-0.25, -0.2) is 4.39 Å². The molecule has 2 aromatic carbocycles. The van der Waals surface area contributed by atoms with E-state index in [1.165, 1.54) is 34.4 Å². The van der Waals surface area contributed by atoms with Crippen molar-refractivity contribution in [3.05, 3.63) is 76.4 Å². The highest BCUT2D eigenvalue weighted by Gasteiger charge is 2.31. The van der Waals surface area contributed by atoms with Gasteiger partial charge in [0.15, 0.2) is 0 Å². The molecular formula is C22H21FN2O2S2. The van der Waals surface area contributed by atoms with Crippen LogP contribution in [0.2, 0.25) is 0 Å². The molecule has 1 N–H and O–H groups in total. The summed E-state index contributed by atoms with van der Waals surface area (Å²) in [6.07, 6.45) is 3.36. The molecule has 0 atom stereocenters. The lowest BCUT2D eigenvalue weighted by molar-refractivity contribution is -0.123. The van der Waals surface area contributed by atoms with Crippen molar-refractivity contribution in [3.63, 3.8) is 0 Å². The minimum absolute atomic E-state index is 0.0340. The number of rotatable bonds is 8. The zero-order chi connectivity index (χ0) is 20.6. The molecule has 0 saturated carbocycles. The van der Waals surface area contributed by atoms with Crippen LogP contribution in [-0.4, -0.2) is 34.1 Å². The highest BCUT2D eigenvalue weighted by molar-refractivity contribution is 8.26. The van der Waals surface area contributed by atoms with Crippen LogP contribution < -0.4 is 5.32 Å². The van der Waals surface area contributed by atoms with Crippen molar-refractivity contribution in [1.29, 1.82) is 0 Å². The van der Waals surface area contributed by atoms with Gasteiger partial charge in [0.2, 0.25) is 5.91 Å². The first-order chi connectivity index (χ1) is 14.0. The number of thiocarbonyl (C=S) groups is 1. The summed E-state index contributed by atoms with van der Waals surface area (Å²) in [4.78, 5) is 26.6. The summed E-state index contributed by atoms with van der Waals surface area (Å²) < 4.78 is 13.5. The van der Waals surface area contributed by atoms with Crippen LogP contribution in [0.1, 0.15) is 24.0 Å². The number of benzene rings is 2. The van der Waals surface area contributed by atoms with Gasteiger partial charge in [0, 0.05) is 19.5 Å². The third-order valence-corrected chi connectivity index (χ3v) is 5.78. The average molecular weight is 429 g/mol. The summed E-state index contributed by atoms with van der Waals surface area (Å²) in [7, 11) is 0. The number of hydrogen-bond acceptors (Lipinski definition) is 4. The lowest BCUT2D eigenvalue weighted by Crippen LogP contribution is -2.31. The largest absolute Gasteiger partial charge is 0.356 e. The molecule has 1 heterocycles. The molecule has 29 heavy (non-hydrogen) atoms. The third-order valence-electron chi connectivity index (χ3n) is 4.41. The van der Waals surface area contributed by atoms with Crippen molar-refractivity contribution in [2.75, 3.05) is 13.1 Å². The highest BCUT2D eigenvalue weighted by atomic mass is 32.2. The van der Waals surface area contributed by atoms with Gasteiger partial charge in [-0.05, 0) is 42.2 Å². The first-order valence-electron chi connectivity index (χ1n) is 9.34. The van der Waals surface area contributed by atoms with Gasteiger partial charge in [-0.1, -0.05) is 66.4 Å². The van der Waals surface area contributed by atoms with E-state index in [1.54, 1.807) is 18.2 Å². The van der Waals surface area contributed by atoms with Crippen LogP contribution in [-0.2, 0) is 16.0 Å². The van der Waals surface area contributed by atoms with Crippen LogP contribution in [0.15, 0.2) is 59.5 Å². The van der Waals surface area contributed by atoms with Crippen molar-refractivity contribution in [1.82, 2.24) is 10.2 Å². The third kappa shape index (κ3) is 6.24. The second-order valence-electron chi connectivity index (χ2n) is 6.57. The smallest absolute Gasteiger partial charge is 0.266 e. The molecule has 0 spiro atoms. The monoisotopic (exact) mass is 428 g/mol. The first kappa shape index (κ1) is 21.2. The highest BCUT2D eigenvalue weighted by Crippen LogP contribution is 2.32. The summed E-state index contributed by atoms with van der Waals surface area (Å²) in [6, 6.07) is 15.9. The molecule has 150 valence electrons. The van der Waals surface area contributed by atoms with Crippen LogP contribution in [0.3, 0.4) is 0 Å². The first-order valence-corrected chi connectivity index (χ1v) is 10.6. The van der Waals surface area contributed by atoms with Crippen molar-refractivity contribution in [2.45, 2.75) is 19.3 Å². The Hall–Kier alpha value is -2.51. The number of carbonyl (C=O) groups excluding carboxylic acids is 2. The Balaban J connectivity index is 1.43. The van der Waals surface area contributed by atoms with E-state index in [4.69, 9.17) is 12.2 Å². The topological polar surface area (TPSA) is 49.4 Å². The maximum atomic E-state index is 13.0. The Labute approximate surface area is 179 Å². The normalized spacial score (nSPS) is 15.2. The summed E-state index contributed by atoms with van der Waals surface area (Å²) in [5.74, 6) is -0.529. The molecule has 1 saturated heterocycles. The van der Waals surface area contributed by atoms with E-state index >= 15 is 0 Å². The summed E-state index contributed by atoms with van der Waals surface area (Å²) in [6.45, 7) is 0.988. The summed E-state index contributed by atoms with van der Waals surface area (Å²) in [5, 5.41) is 2.90. The molecule has 1 fully saturated rings. The Bertz CT molecular complexity index is 914. The van der Waals surface area contributed by atoms with Gasteiger partial charge in [0.05, 0.1) is 4.91 Å². The quantitative estimate of drug-likeness (QED) is 0.507. The molecule has 0 bridgehead atoms. The van der Waals surface area contributed by atoms with Crippen LogP contribution in [0.5, 0.6) is 0 Å². The van der Waals surface area contributed by atoms with E-state index in [0.29, 0.717) is 35.2 Å². The summed E-state index contributed by atoms with van der Waals surface area (Å²) >= 11 is 6.53. The second kappa shape index (κ2) is 10.3. The van der Waals surface area contributed by atoms with Crippen LogP contribution in [0, 0.1) is 5.82 Å². The van der Waals surface area contributed by atoms with E-state index in [-0.39, 0.29) is 17.6 Å². The Morgan fingerprint density at radius 1 is 1.14 bits per heavy atom. The van der Waals surface area contributed by atoms with Crippen molar-refractivity contribution < 1.29 is 14.0 Å². The predicted molar refractivity (Wildman–Crippen MR) is 119 cm³/mol. The lowest BCUT2D eigenvalue weighted by Gasteiger charge is -2.14. The van der Waals surface area contributed by atoms with Crippen molar-refractivity contribution in [3.8, 4) is 0 Å². The van der Waals surface area contributed by atoms with Gasteiger partial charge in [0.1, 0.15) is 10.1 Å². The fraction of sp³-hybridized carbons (Fsp3) is 0.227. The van der Waals surface area contributed by atoms with Gasteiger partial charge < -0.3 is 5.32 Å². The fourth-order valence-corrected chi connectivity index (χ4v) is 4.19. The van der Waals surface area contributed by atoms with E-state index in [9.17, 15) is 14.0 Å². The van der Waals surface area contributed by atoms with Gasteiger partial charge in [-0.3, -0.25) is 14.5 Å². The molecule has 0 aromatic heterocycles. The minimum atomic E-state index is -0.322. The lowest BCUT2D eigenvalue weighted by atomic mass is 10.1. The molecule has 2 aromatic rings. The molecule has 3 rings (SSSR count). The van der Waals surface area contributed by atoms with E-state index < -0.39 is 0 Å². The number of thioether (sulfide) groups is 1. The molecule has 7 heteroatoms. The standard InChI is InChI=1S/C22H21FN2O2S2/c23-18-10-8-17(9-11-18)15-19-21(27)25(22(28)29-19)14-4-7-20(26)24-13-12-16-5-2-1-3-6-16/h1-3,5-6,8-11,15H,4,7,12-14H2,(H,24,26). The SMILES string of the molecule is O=C(CCCN1C(=O)C(=Cc2ccc(F)cc2)SC1=S)NCCc1ccccc1. The Morgan fingerprint density at radius 3 is 2.59 bits per heavy atom. The number of hydrogen-bond donors (Lipinski definition) is 1. The van der Waals surface area contributed by atoms with Crippen LogP contribution in [0.25, 0.3) is 6.08 Å². The predicted octanol–water partition coefficient (Wildman–Crippen LogP) is 4.17.